The second-order valence-corrected chi connectivity index (χ2v) is 12.6. The van der Waals surface area contributed by atoms with Gasteiger partial charge >= 0.3 is 5.97 Å². The molecule has 1 fully saturated rings. The molecule has 3 atom stereocenters. The van der Waals surface area contributed by atoms with Crippen molar-refractivity contribution in [3.63, 3.8) is 0 Å². The highest BCUT2D eigenvalue weighted by atomic mass is 32.2. The lowest BCUT2D eigenvalue weighted by atomic mass is 9.99. The number of hydrogen-bond acceptors (Lipinski definition) is 7. The number of carbonyl (C=O) groups excluding carboxylic acids is 1. The average Bonchev–Trinajstić information content (AvgIpc) is 3.11. The minimum atomic E-state index is -0.843. The third-order valence-corrected chi connectivity index (χ3v) is 9.25. The van der Waals surface area contributed by atoms with Crippen LogP contribution in [0.15, 0.2) is 102 Å². The van der Waals surface area contributed by atoms with Crippen LogP contribution in [-0.2, 0) is 32.2 Å². The Morgan fingerprint density at radius 1 is 0.851 bits per heavy atom. The molecule has 47 heavy (non-hydrogen) atoms. The van der Waals surface area contributed by atoms with Gasteiger partial charge in [0.15, 0.2) is 6.29 Å². The van der Waals surface area contributed by atoms with Crippen LogP contribution >= 0.6 is 11.8 Å². The Labute approximate surface area is 280 Å². The SMILES string of the molecule is COc1ccccc1SC[C@H]1C[C@@H](c2ccc(CO)cc2)O[C@@H](c2cccc(-c3cccc(CNC(=O)CCCCC(=O)O)c3)c2)O1. The maximum Gasteiger partial charge on any atom is 0.303 e. The van der Waals surface area contributed by atoms with Crippen LogP contribution in [-0.4, -0.2) is 41.1 Å². The number of rotatable bonds is 15. The van der Waals surface area contributed by atoms with Gasteiger partial charge in [0.1, 0.15) is 5.75 Å². The molecule has 4 aromatic rings. The molecule has 1 aliphatic rings. The zero-order chi connectivity index (χ0) is 33.0. The van der Waals surface area contributed by atoms with Crippen LogP contribution in [0.1, 0.15) is 66.8 Å². The molecule has 0 saturated carbocycles. The lowest BCUT2D eigenvalue weighted by Crippen LogP contribution is -2.31. The Kier molecular flexibility index (Phi) is 12.5. The second kappa shape index (κ2) is 17.1. The molecule has 3 N–H and O–H groups in total. The number of aliphatic hydroxyl groups excluding tert-OH is 1. The van der Waals surface area contributed by atoms with E-state index in [-0.39, 0.29) is 31.1 Å². The van der Waals surface area contributed by atoms with Crippen molar-refractivity contribution >= 4 is 23.6 Å². The number of carboxylic acid groups (broad SMARTS) is 1. The molecule has 0 unspecified atom stereocenters. The highest BCUT2D eigenvalue weighted by molar-refractivity contribution is 7.99. The highest BCUT2D eigenvalue weighted by Gasteiger charge is 2.32. The van der Waals surface area contributed by atoms with Crippen LogP contribution in [0.2, 0.25) is 0 Å². The number of aliphatic carboxylic acids is 1. The smallest absolute Gasteiger partial charge is 0.303 e. The molecule has 0 radical (unpaired) electrons. The van der Waals surface area contributed by atoms with E-state index in [0.29, 0.717) is 32.2 Å². The summed E-state index contributed by atoms with van der Waals surface area (Å²) in [5, 5.41) is 21.3. The van der Waals surface area contributed by atoms with E-state index in [2.05, 4.69) is 23.5 Å². The van der Waals surface area contributed by atoms with Gasteiger partial charge in [-0.25, -0.2) is 0 Å². The van der Waals surface area contributed by atoms with E-state index in [1.165, 1.54) is 0 Å². The molecule has 0 aliphatic carbocycles. The van der Waals surface area contributed by atoms with E-state index < -0.39 is 12.3 Å². The maximum absolute atomic E-state index is 12.3. The van der Waals surface area contributed by atoms with Crippen LogP contribution < -0.4 is 10.1 Å². The number of unbranched alkanes of at least 4 members (excludes halogenated alkanes) is 1. The first-order valence-electron chi connectivity index (χ1n) is 15.9. The monoisotopic (exact) mass is 655 g/mol. The Morgan fingerprint density at radius 3 is 2.36 bits per heavy atom. The van der Waals surface area contributed by atoms with E-state index in [1.54, 1.807) is 18.9 Å². The molecule has 1 amide bonds. The molecule has 4 aromatic carbocycles. The van der Waals surface area contributed by atoms with Gasteiger partial charge in [0.05, 0.1) is 25.9 Å². The number of para-hydroxylation sites is 1. The van der Waals surface area contributed by atoms with Crippen molar-refractivity contribution in [1.29, 1.82) is 0 Å². The lowest BCUT2D eigenvalue weighted by Gasteiger charge is -2.36. The third kappa shape index (κ3) is 9.92. The molecule has 1 aliphatic heterocycles. The Morgan fingerprint density at radius 2 is 1.60 bits per heavy atom. The zero-order valence-corrected chi connectivity index (χ0v) is 27.3. The minimum Gasteiger partial charge on any atom is -0.496 e. The highest BCUT2D eigenvalue weighted by Crippen LogP contribution is 2.41. The number of thioether (sulfide) groups is 1. The van der Waals surface area contributed by atoms with Crippen LogP contribution in [0.5, 0.6) is 5.75 Å². The topological polar surface area (TPSA) is 114 Å². The molecular weight excluding hydrogens is 614 g/mol. The van der Waals surface area contributed by atoms with Crippen LogP contribution in [0.25, 0.3) is 11.1 Å². The normalized spacial score (nSPS) is 17.6. The van der Waals surface area contributed by atoms with E-state index in [0.717, 1.165) is 49.8 Å². The summed E-state index contributed by atoms with van der Waals surface area (Å²) in [4.78, 5) is 24.0. The first-order valence-corrected chi connectivity index (χ1v) is 16.8. The summed E-state index contributed by atoms with van der Waals surface area (Å²) in [5.74, 6) is 0.624. The lowest BCUT2D eigenvalue weighted by molar-refractivity contribution is -0.245. The van der Waals surface area contributed by atoms with Crippen molar-refractivity contribution < 1.29 is 34.0 Å². The minimum absolute atomic E-state index is 0.00925. The van der Waals surface area contributed by atoms with Crippen LogP contribution in [0.3, 0.4) is 0 Å². The molecule has 1 saturated heterocycles. The molecule has 8 nitrogen and oxygen atoms in total. The fraction of sp³-hybridized carbons (Fsp3) is 0.316. The van der Waals surface area contributed by atoms with Crippen LogP contribution in [0.4, 0.5) is 0 Å². The molecule has 9 heteroatoms. The van der Waals surface area contributed by atoms with Crippen molar-refractivity contribution in [2.75, 3.05) is 12.9 Å². The fourth-order valence-corrected chi connectivity index (χ4v) is 6.57. The van der Waals surface area contributed by atoms with Crippen molar-refractivity contribution in [3.05, 3.63) is 119 Å². The number of ether oxygens (including phenoxy) is 3. The summed E-state index contributed by atoms with van der Waals surface area (Å²) in [6.45, 7) is 0.382. The van der Waals surface area contributed by atoms with Crippen LogP contribution in [0, 0.1) is 0 Å². The molecule has 0 aromatic heterocycles. The summed E-state index contributed by atoms with van der Waals surface area (Å²) in [6, 6.07) is 32.1. The second-order valence-electron chi connectivity index (χ2n) is 11.5. The average molecular weight is 656 g/mol. The molecule has 246 valence electrons. The Balaban J connectivity index is 1.30. The van der Waals surface area contributed by atoms with Gasteiger partial charge < -0.3 is 29.7 Å². The Hall–Kier alpha value is -4.15. The molecular formula is C38H41NO7S. The number of amides is 1. The van der Waals surface area contributed by atoms with Gasteiger partial charge in [0, 0.05) is 42.0 Å². The molecule has 5 rings (SSSR count). The largest absolute Gasteiger partial charge is 0.496 e. The molecule has 0 bridgehead atoms. The van der Waals surface area contributed by atoms with E-state index in [4.69, 9.17) is 19.3 Å². The van der Waals surface area contributed by atoms with Crippen molar-refractivity contribution in [2.24, 2.45) is 0 Å². The van der Waals surface area contributed by atoms with E-state index in [9.17, 15) is 14.7 Å². The zero-order valence-electron chi connectivity index (χ0n) is 26.5. The standard InChI is InChI=1S/C38H41NO7S/c1-44-33-12-2-3-13-35(33)47-25-32-22-34(28-18-16-26(24-40)17-19-28)46-38(45-32)31-11-7-10-30(21-31)29-9-6-8-27(20-29)23-39-36(41)14-4-5-15-37(42)43/h2-3,6-13,16-21,32,34,38,40H,4-5,14-15,22-25H2,1H3,(H,39,41)(H,42,43)/t32-,34+,38+/m1/s1. The number of carboxylic acids is 1. The fourth-order valence-electron chi connectivity index (χ4n) is 5.52. The number of hydrogen-bond donors (Lipinski definition) is 3. The van der Waals surface area contributed by atoms with Gasteiger partial charge in [0.2, 0.25) is 5.91 Å². The Bertz CT molecular complexity index is 1630. The van der Waals surface area contributed by atoms with Gasteiger partial charge in [-0.05, 0) is 64.9 Å². The summed E-state index contributed by atoms with van der Waals surface area (Å²) >= 11 is 1.70. The molecule has 1 heterocycles. The first-order chi connectivity index (χ1) is 22.9. The van der Waals surface area contributed by atoms with Gasteiger partial charge in [-0.1, -0.05) is 72.8 Å². The van der Waals surface area contributed by atoms with E-state index in [1.807, 2.05) is 78.9 Å². The van der Waals surface area contributed by atoms with Gasteiger partial charge in [-0.3, -0.25) is 9.59 Å². The van der Waals surface area contributed by atoms with Crippen molar-refractivity contribution in [2.45, 2.75) is 68.6 Å². The van der Waals surface area contributed by atoms with Crippen molar-refractivity contribution in [1.82, 2.24) is 5.32 Å². The third-order valence-electron chi connectivity index (χ3n) is 8.06. The van der Waals surface area contributed by atoms with Gasteiger partial charge in [0.25, 0.3) is 0 Å². The summed E-state index contributed by atoms with van der Waals surface area (Å²) in [6.07, 6.45) is 1.23. The first kappa shape index (κ1) is 34.2. The summed E-state index contributed by atoms with van der Waals surface area (Å²) in [5.41, 5.74) is 5.78. The maximum atomic E-state index is 12.3. The number of benzene rings is 4. The van der Waals surface area contributed by atoms with Gasteiger partial charge in [-0.15, -0.1) is 11.8 Å². The number of aliphatic hydroxyl groups is 1. The quantitative estimate of drug-likeness (QED) is 0.0894. The number of carbonyl (C=O) groups is 2. The van der Waals surface area contributed by atoms with E-state index >= 15 is 0 Å². The number of methoxy groups -OCH3 is 1. The predicted octanol–water partition coefficient (Wildman–Crippen LogP) is 7.45. The van der Waals surface area contributed by atoms with Gasteiger partial charge in [-0.2, -0.15) is 0 Å². The predicted molar refractivity (Wildman–Crippen MR) is 182 cm³/mol. The summed E-state index contributed by atoms with van der Waals surface area (Å²) in [7, 11) is 1.68. The van der Waals surface area contributed by atoms with Crippen molar-refractivity contribution in [3.8, 4) is 16.9 Å². The summed E-state index contributed by atoms with van der Waals surface area (Å²) < 4.78 is 18.7. The molecule has 0 spiro atoms. The number of nitrogens with one attached hydrogen (secondary N) is 1.